The van der Waals surface area contributed by atoms with Crippen LogP contribution < -0.4 is 14.2 Å². The maximum Gasteiger partial charge on any atom is 0.260 e. The molecule has 0 spiro atoms. The van der Waals surface area contributed by atoms with Gasteiger partial charge in [0.2, 0.25) is 0 Å². The second-order valence-electron chi connectivity index (χ2n) is 6.12. The summed E-state index contributed by atoms with van der Waals surface area (Å²) < 4.78 is 16.7. The van der Waals surface area contributed by atoms with Gasteiger partial charge in [-0.1, -0.05) is 11.6 Å². The highest BCUT2D eigenvalue weighted by molar-refractivity contribution is 6.30. The molecular weight excluding hydrogens is 354 g/mol. The first-order valence-electron chi connectivity index (χ1n) is 8.61. The minimum absolute atomic E-state index is 0.0113. The van der Waals surface area contributed by atoms with Gasteiger partial charge < -0.3 is 19.1 Å². The third kappa shape index (κ3) is 5.05. The molecule has 0 atom stereocenters. The van der Waals surface area contributed by atoms with Gasteiger partial charge in [-0.2, -0.15) is 0 Å². The average Bonchev–Trinajstić information content (AvgIpc) is 2.68. The van der Waals surface area contributed by atoms with E-state index >= 15 is 0 Å². The van der Waals surface area contributed by atoms with Crippen molar-refractivity contribution < 1.29 is 19.0 Å². The lowest BCUT2D eigenvalue weighted by atomic mass is 10.1. The van der Waals surface area contributed by atoms with Crippen molar-refractivity contribution in [2.24, 2.45) is 0 Å². The number of halogens is 1. The minimum Gasteiger partial charge on any atom is -0.497 e. The fourth-order valence-corrected chi connectivity index (χ4v) is 2.96. The second kappa shape index (κ2) is 8.81. The Bertz CT molecular complexity index is 710. The van der Waals surface area contributed by atoms with E-state index in [1.807, 2.05) is 29.2 Å². The van der Waals surface area contributed by atoms with Crippen LogP contribution >= 0.6 is 11.6 Å². The van der Waals surface area contributed by atoms with Crippen molar-refractivity contribution in [1.29, 1.82) is 0 Å². The molecule has 5 nitrogen and oxygen atoms in total. The highest BCUT2D eigenvalue weighted by Gasteiger charge is 2.24. The van der Waals surface area contributed by atoms with Crippen LogP contribution in [0.4, 0.5) is 0 Å². The summed E-state index contributed by atoms with van der Waals surface area (Å²) >= 11 is 5.83. The van der Waals surface area contributed by atoms with Gasteiger partial charge in [0.1, 0.15) is 23.4 Å². The number of benzene rings is 2. The van der Waals surface area contributed by atoms with E-state index in [1.54, 1.807) is 31.4 Å². The number of hydrogen-bond acceptors (Lipinski definition) is 4. The van der Waals surface area contributed by atoms with Crippen LogP contribution in [0.1, 0.15) is 12.8 Å². The Morgan fingerprint density at radius 1 is 1.00 bits per heavy atom. The van der Waals surface area contributed by atoms with E-state index < -0.39 is 0 Å². The van der Waals surface area contributed by atoms with Gasteiger partial charge in [-0.25, -0.2) is 0 Å². The predicted molar refractivity (Wildman–Crippen MR) is 100 cm³/mol. The van der Waals surface area contributed by atoms with Gasteiger partial charge in [0.25, 0.3) is 5.91 Å². The summed E-state index contributed by atoms with van der Waals surface area (Å²) in [6, 6.07) is 14.5. The van der Waals surface area contributed by atoms with Crippen molar-refractivity contribution in [2.45, 2.75) is 18.9 Å². The fourth-order valence-electron chi connectivity index (χ4n) is 2.84. The molecule has 0 bridgehead atoms. The maximum atomic E-state index is 12.3. The summed E-state index contributed by atoms with van der Waals surface area (Å²) in [6.07, 6.45) is 1.72. The first-order chi connectivity index (χ1) is 12.6. The van der Waals surface area contributed by atoms with Gasteiger partial charge in [0, 0.05) is 31.0 Å². The molecular formula is C20H22ClNO4. The monoisotopic (exact) mass is 375 g/mol. The fraction of sp³-hybridized carbons (Fsp3) is 0.350. The molecule has 0 aliphatic carbocycles. The van der Waals surface area contributed by atoms with Gasteiger partial charge in [0.05, 0.1) is 7.11 Å². The van der Waals surface area contributed by atoms with E-state index in [2.05, 4.69) is 0 Å². The SMILES string of the molecule is COc1ccc(OC2CCN(C(=O)COc3ccc(Cl)cc3)CC2)cc1. The highest BCUT2D eigenvalue weighted by atomic mass is 35.5. The van der Waals surface area contributed by atoms with E-state index in [-0.39, 0.29) is 18.6 Å². The van der Waals surface area contributed by atoms with Crippen molar-refractivity contribution in [2.75, 3.05) is 26.8 Å². The number of hydrogen-bond donors (Lipinski definition) is 0. The molecule has 138 valence electrons. The largest absolute Gasteiger partial charge is 0.497 e. The Hall–Kier alpha value is -2.40. The van der Waals surface area contributed by atoms with E-state index in [0.29, 0.717) is 23.9 Å². The molecule has 0 N–H and O–H groups in total. The van der Waals surface area contributed by atoms with Crippen LogP contribution in [0.25, 0.3) is 0 Å². The van der Waals surface area contributed by atoms with Crippen LogP contribution in [0, 0.1) is 0 Å². The number of piperidine rings is 1. The molecule has 6 heteroatoms. The number of likely N-dealkylation sites (tertiary alicyclic amines) is 1. The van der Waals surface area contributed by atoms with Crippen molar-refractivity contribution in [3.63, 3.8) is 0 Å². The van der Waals surface area contributed by atoms with E-state index in [9.17, 15) is 4.79 Å². The van der Waals surface area contributed by atoms with Crippen molar-refractivity contribution in [1.82, 2.24) is 4.90 Å². The molecule has 1 saturated heterocycles. The third-order valence-corrected chi connectivity index (χ3v) is 4.58. The van der Waals surface area contributed by atoms with Crippen LogP contribution in [0.15, 0.2) is 48.5 Å². The number of carbonyl (C=O) groups excluding carboxylic acids is 1. The summed E-state index contributed by atoms with van der Waals surface area (Å²) in [4.78, 5) is 14.1. The zero-order valence-electron chi connectivity index (χ0n) is 14.7. The Labute approximate surface area is 158 Å². The number of methoxy groups -OCH3 is 1. The van der Waals surface area contributed by atoms with Gasteiger partial charge >= 0.3 is 0 Å². The molecule has 2 aromatic carbocycles. The molecule has 3 rings (SSSR count). The summed E-state index contributed by atoms with van der Waals surface area (Å²) in [5.74, 6) is 2.25. The molecule has 26 heavy (non-hydrogen) atoms. The predicted octanol–water partition coefficient (Wildman–Crippen LogP) is 3.80. The van der Waals surface area contributed by atoms with Gasteiger partial charge in [-0.15, -0.1) is 0 Å². The summed E-state index contributed by atoms with van der Waals surface area (Å²) in [5, 5.41) is 0.641. The van der Waals surface area contributed by atoms with Gasteiger partial charge in [0.15, 0.2) is 6.61 Å². The molecule has 1 fully saturated rings. The number of ether oxygens (including phenoxy) is 3. The zero-order valence-corrected chi connectivity index (χ0v) is 15.4. The number of carbonyl (C=O) groups is 1. The Kier molecular flexibility index (Phi) is 6.23. The van der Waals surface area contributed by atoms with Crippen LogP contribution in [0.2, 0.25) is 5.02 Å². The van der Waals surface area contributed by atoms with E-state index in [4.69, 9.17) is 25.8 Å². The lowest BCUT2D eigenvalue weighted by Gasteiger charge is -2.32. The second-order valence-corrected chi connectivity index (χ2v) is 6.55. The quantitative estimate of drug-likeness (QED) is 0.770. The average molecular weight is 376 g/mol. The lowest BCUT2D eigenvalue weighted by molar-refractivity contribution is -0.135. The third-order valence-electron chi connectivity index (χ3n) is 4.33. The molecule has 0 aromatic heterocycles. The molecule has 1 aliphatic heterocycles. The number of amides is 1. The summed E-state index contributed by atoms with van der Waals surface area (Å²) in [5.41, 5.74) is 0. The highest BCUT2D eigenvalue weighted by Crippen LogP contribution is 2.22. The molecule has 0 saturated carbocycles. The van der Waals surface area contributed by atoms with Crippen LogP contribution in [-0.4, -0.2) is 43.7 Å². The maximum absolute atomic E-state index is 12.3. The van der Waals surface area contributed by atoms with Crippen LogP contribution in [0.5, 0.6) is 17.2 Å². The zero-order chi connectivity index (χ0) is 18.4. The standard InChI is InChI=1S/C20H22ClNO4/c1-24-16-6-8-18(9-7-16)26-19-10-12-22(13-11-19)20(23)14-25-17-4-2-15(21)3-5-17/h2-9,19H,10-14H2,1H3. The molecule has 1 heterocycles. The summed E-state index contributed by atoms with van der Waals surface area (Å²) in [6.45, 7) is 1.37. The molecule has 1 amide bonds. The first-order valence-corrected chi connectivity index (χ1v) is 8.98. The normalized spacial score (nSPS) is 14.8. The molecule has 2 aromatic rings. The van der Waals surface area contributed by atoms with Crippen molar-refractivity contribution >= 4 is 17.5 Å². The topological polar surface area (TPSA) is 48.0 Å². The minimum atomic E-state index is -0.0113. The Morgan fingerprint density at radius 2 is 1.58 bits per heavy atom. The van der Waals surface area contributed by atoms with E-state index in [1.165, 1.54) is 0 Å². The summed E-state index contributed by atoms with van der Waals surface area (Å²) in [7, 11) is 1.64. The smallest absolute Gasteiger partial charge is 0.260 e. The molecule has 0 unspecified atom stereocenters. The van der Waals surface area contributed by atoms with E-state index in [0.717, 1.165) is 24.3 Å². The first kappa shape index (κ1) is 18.4. The number of nitrogens with zero attached hydrogens (tertiary/aromatic N) is 1. The van der Waals surface area contributed by atoms with Crippen LogP contribution in [-0.2, 0) is 4.79 Å². The molecule has 0 radical (unpaired) electrons. The van der Waals surface area contributed by atoms with Crippen molar-refractivity contribution in [3.8, 4) is 17.2 Å². The van der Waals surface area contributed by atoms with Gasteiger partial charge in [-0.05, 0) is 48.5 Å². The van der Waals surface area contributed by atoms with Crippen LogP contribution in [0.3, 0.4) is 0 Å². The molecule has 1 aliphatic rings. The number of rotatable bonds is 6. The van der Waals surface area contributed by atoms with Gasteiger partial charge in [-0.3, -0.25) is 4.79 Å². The van der Waals surface area contributed by atoms with Crippen molar-refractivity contribution in [3.05, 3.63) is 53.6 Å². The Morgan fingerprint density at radius 3 is 2.19 bits per heavy atom. The Balaban J connectivity index is 1.42. The lowest BCUT2D eigenvalue weighted by Crippen LogP contribution is -2.43.